The van der Waals surface area contributed by atoms with Gasteiger partial charge in [-0.05, 0) is 48.1 Å². The van der Waals surface area contributed by atoms with Crippen LogP contribution in [0.1, 0.15) is 35.1 Å². The van der Waals surface area contributed by atoms with Crippen LogP contribution in [0.25, 0.3) is 0 Å². The molecule has 0 atom stereocenters. The van der Waals surface area contributed by atoms with Gasteiger partial charge in [0.05, 0.1) is 0 Å². The zero-order chi connectivity index (χ0) is 22.1. The minimum Gasteiger partial charge on any atom is -0.367 e. The van der Waals surface area contributed by atoms with Crippen molar-refractivity contribution < 1.29 is 13.2 Å². The first-order valence-electron chi connectivity index (χ1n) is 10.8. The number of alkyl halides is 3. The first-order valence-corrected chi connectivity index (χ1v) is 10.8. The number of benzene rings is 2. The summed E-state index contributed by atoms with van der Waals surface area (Å²) >= 11 is 0. The van der Waals surface area contributed by atoms with E-state index in [0.717, 1.165) is 50.8 Å². The van der Waals surface area contributed by atoms with Gasteiger partial charge in [-0.1, -0.05) is 36.4 Å². The Kier molecular flexibility index (Phi) is 5.46. The Morgan fingerprint density at radius 2 is 1.84 bits per heavy atom. The van der Waals surface area contributed by atoms with Gasteiger partial charge in [0, 0.05) is 37.6 Å². The second-order valence-electron chi connectivity index (χ2n) is 8.43. The molecule has 8 heteroatoms. The second kappa shape index (κ2) is 8.43. The first-order chi connectivity index (χ1) is 15.4. The van der Waals surface area contributed by atoms with E-state index >= 15 is 0 Å². The summed E-state index contributed by atoms with van der Waals surface area (Å²) in [6.45, 7) is 2.74. The molecule has 2 aliphatic rings. The number of fused-ring (bicyclic) bond motifs is 1. The van der Waals surface area contributed by atoms with Gasteiger partial charge in [0.15, 0.2) is 0 Å². The second-order valence-corrected chi connectivity index (χ2v) is 8.43. The van der Waals surface area contributed by atoms with Crippen LogP contribution in [0.2, 0.25) is 0 Å². The Balaban J connectivity index is 1.30. The molecule has 3 aromatic rings. The third-order valence-electron chi connectivity index (χ3n) is 5.82. The topological polar surface area (TPSA) is 53.1 Å². The molecule has 32 heavy (non-hydrogen) atoms. The van der Waals surface area contributed by atoms with Crippen LogP contribution in [-0.2, 0) is 25.7 Å². The molecule has 0 saturated heterocycles. The molecule has 2 aromatic carbocycles. The van der Waals surface area contributed by atoms with Gasteiger partial charge in [0.1, 0.15) is 11.4 Å². The third-order valence-corrected chi connectivity index (χ3v) is 5.82. The first kappa shape index (κ1) is 20.8. The number of nitrogens with zero attached hydrogens (tertiary/aromatic N) is 3. The van der Waals surface area contributed by atoms with E-state index in [2.05, 4.69) is 55.8 Å². The average Bonchev–Trinajstić information content (AvgIpc) is 3.58. The number of rotatable bonds is 6. The number of aromatic nitrogens is 2. The number of hydrogen-bond donors (Lipinski definition) is 2. The Bertz CT molecular complexity index is 1100. The molecule has 2 N–H and O–H groups in total. The SMILES string of the molecule is FC(F)(F)c1cnc(Nc2ccc3c(c2)CCN(Cc2ccccc2)C3)nc1NC1CC1. The maximum absolute atomic E-state index is 13.3. The maximum Gasteiger partial charge on any atom is 0.421 e. The average molecular weight is 439 g/mol. The van der Waals surface area contributed by atoms with Crippen molar-refractivity contribution in [3.8, 4) is 0 Å². The summed E-state index contributed by atoms with van der Waals surface area (Å²) in [5.74, 6) is -0.00497. The van der Waals surface area contributed by atoms with Crippen LogP contribution in [0.15, 0.2) is 54.7 Å². The van der Waals surface area contributed by atoms with E-state index in [1.807, 2.05) is 18.2 Å². The number of halogens is 3. The lowest BCUT2D eigenvalue weighted by molar-refractivity contribution is -0.137. The highest BCUT2D eigenvalue weighted by Gasteiger charge is 2.36. The minimum absolute atomic E-state index is 0.0569. The van der Waals surface area contributed by atoms with Gasteiger partial charge >= 0.3 is 6.18 Å². The van der Waals surface area contributed by atoms with Crippen LogP contribution in [0.5, 0.6) is 0 Å². The summed E-state index contributed by atoms with van der Waals surface area (Å²) in [5.41, 5.74) is 3.74. The number of hydrogen-bond acceptors (Lipinski definition) is 5. The highest BCUT2D eigenvalue weighted by molar-refractivity contribution is 5.59. The fourth-order valence-electron chi connectivity index (χ4n) is 3.98. The molecule has 0 bridgehead atoms. The Labute approximate surface area is 184 Å². The van der Waals surface area contributed by atoms with Crippen LogP contribution in [0, 0.1) is 0 Å². The van der Waals surface area contributed by atoms with E-state index in [9.17, 15) is 13.2 Å². The minimum atomic E-state index is -4.49. The van der Waals surface area contributed by atoms with Crippen molar-refractivity contribution in [3.05, 3.63) is 77.0 Å². The lowest BCUT2D eigenvalue weighted by atomic mass is 9.98. The van der Waals surface area contributed by atoms with Crippen molar-refractivity contribution in [3.63, 3.8) is 0 Å². The molecule has 0 spiro atoms. The van der Waals surface area contributed by atoms with Crippen molar-refractivity contribution in [1.82, 2.24) is 14.9 Å². The largest absolute Gasteiger partial charge is 0.421 e. The summed E-state index contributed by atoms with van der Waals surface area (Å²) in [5, 5.41) is 5.95. The lowest BCUT2D eigenvalue weighted by Crippen LogP contribution is -2.30. The van der Waals surface area contributed by atoms with E-state index < -0.39 is 11.7 Å². The number of nitrogens with one attached hydrogen (secondary N) is 2. The van der Waals surface area contributed by atoms with E-state index in [1.165, 1.54) is 16.7 Å². The fourth-order valence-corrected chi connectivity index (χ4v) is 3.98. The monoisotopic (exact) mass is 439 g/mol. The third kappa shape index (κ3) is 4.85. The van der Waals surface area contributed by atoms with Gasteiger partial charge in [-0.15, -0.1) is 0 Å². The molecule has 1 saturated carbocycles. The zero-order valence-electron chi connectivity index (χ0n) is 17.5. The normalized spacial score (nSPS) is 16.5. The van der Waals surface area contributed by atoms with Crippen LogP contribution in [0.3, 0.4) is 0 Å². The zero-order valence-corrected chi connectivity index (χ0v) is 17.5. The summed E-state index contributed by atoms with van der Waals surface area (Å²) in [4.78, 5) is 10.4. The molecule has 1 aromatic heterocycles. The van der Waals surface area contributed by atoms with Crippen LogP contribution < -0.4 is 10.6 Å². The molecule has 0 amide bonds. The van der Waals surface area contributed by atoms with Gasteiger partial charge in [0.2, 0.25) is 5.95 Å². The van der Waals surface area contributed by atoms with E-state index in [4.69, 9.17) is 0 Å². The smallest absolute Gasteiger partial charge is 0.367 e. The summed E-state index contributed by atoms with van der Waals surface area (Å²) in [6, 6.07) is 16.5. The molecule has 0 unspecified atom stereocenters. The van der Waals surface area contributed by atoms with Gasteiger partial charge in [-0.3, -0.25) is 4.90 Å². The highest BCUT2D eigenvalue weighted by Crippen LogP contribution is 2.36. The fraction of sp³-hybridized carbons (Fsp3) is 0.333. The van der Waals surface area contributed by atoms with E-state index in [0.29, 0.717) is 0 Å². The summed E-state index contributed by atoms with van der Waals surface area (Å²) in [7, 11) is 0. The summed E-state index contributed by atoms with van der Waals surface area (Å²) in [6.07, 6.45) is -1.01. The predicted octanol–water partition coefficient (Wildman–Crippen LogP) is 5.37. The molecule has 1 fully saturated rings. The van der Waals surface area contributed by atoms with Gasteiger partial charge < -0.3 is 10.6 Å². The van der Waals surface area contributed by atoms with Crippen molar-refractivity contribution >= 4 is 17.5 Å². The predicted molar refractivity (Wildman–Crippen MR) is 118 cm³/mol. The van der Waals surface area contributed by atoms with E-state index in [-0.39, 0.29) is 17.8 Å². The molecule has 5 nitrogen and oxygen atoms in total. The van der Waals surface area contributed by atoms with Crippen molar-refractivity contribution in [2.45, 2.75) is 44.6 Å². The quantitative estimate of drug-likeness (QED) is 0.541. The van der Waals surface area contributed by atoms with Gasteiger partial charge in [-0.25, -0.2) is 4.98 Å². The van der Waals surface area contributed by atoms with Crippen LogP contribution in [-0.4, -0.2) is 27.5 Å². The molecule has 5 rings (SSSR count). The molecular formula is C24H24F3N5. The van der Waals surface area contributed by atoms with E-state index in [1.54, 1.807) is 0 Å². The lowest BCUT2D eigenvalue weighted by Gasteiger charge is -2.29. The molecule has 1 aliphatic heterocycles. The Morgan fingerprint density at radius 3 is 2.59 bits per heavy atom. The molecule has 2 heterocycles. The highest BCUT2D eigenvalue weighted by atomic mass is 19.4. The molecule has 1 aliphatic carbocycles. The van der Waals surface area contributed by atoms with Crippen LogP contribution in [0.4, 0.5) is 30.6 Å². The molecular weight excluding hydrogens is 415 g/mol. The van der Waals surface area contributed by atoms with Gasteiger partial charge in [0.25, 0.3) is 0 Å². The number of anilines is 3. The maximum atomic E-state index is 13.3. The standard InChI is InChI=1S/C24H24F3N5/c25-24(26,27)21-13-28-23(31-22(21)29-19-8-9-19)30-20-7-6-18-15-32(11-10-17(18)12-20)14-16-4-2-1-3-5-16/h1-7,12-13,19H,8-11,14-15H2,(H2,28,29,30,31). The molecule has 166 valence electrons. The molecule has 0 radical (unpaired) electrons. The van der Waals surface area contributed by atoms with Crippen molar-refractivity contribution in [1.29, 1.82) is 0 Å². The Hall–Kier alpha value is -3.13. The van der Waals surface area contributed by atoms with Crippen LogP contribution >= 0.6 is 0 Å². The van der Waals surface area contributed by atoms with Gasteiger partial charge in [-0.2, -0.15) is 18.2 Å². The summed E-state index contributed by atoms with van der Waals surface area (Å²) < 4.78 is 39.9. The van der Waals surface area contributed by atoms with Crippen molar-refractivity contribution in [2.75, 3.05) is 17.2 Å². The van der Waals surface area contributed by atoms with Crippen molar-refractivity contribution in [2.24, 2.45) is 0 Å². The Morgan fingerprint density at radius 1 is 1.03 bits per heavy atom.